The van der Waals surface area contributed by atoms with Gasteiger partial charge in [-0.15, -0.1) is 0 Å². The van der Waals surface area contributed by atoms with Gasteiger partial charge in [0.25, 0.3) is 10.0 Å². The van der Waals surface area contributed by atoms with Gasteiger partial charge in [0.2, 0.25) is 5.13 Å². The van der Waals surface area contributed by atoms with Gasteiger partial charge in [0.15, 0.2) is 0 Å². The fraction of sp³-hybridized carbons (Fsp3) is 0.333. The molecule has 0 N–H and O–H groups in total. The van der Waals surface area contributed by atoms with Crippen LogP contribution in [0.15, 0.2) is 41.6 Å². The van der Waals surface area contributed by atoms with Crippen molar-refractivity contribution in [3.63, 3.8) is 0 Å². The predicted octanol–water partition coefficient (Wildman–Crippen LogP) is 3.98. The van der Waals surface area contributed by atoms with Crippen molar-refractivity contribution in [3.8, 4) is 17.2 Å². The normalized spacial score (nSPS) is 15.6. The number of methoxy groups -OCH3 is 2. The van der Waals surface area contributed by atoms with Crippen molar-refractivity contribution in [3.05, 3.63) is 53.6 Å². The van der Waals surface area contributed by atoms with Gasteiger partial charge in [-0.25, -0.2) is 22.1 Å². The number of nitrogens with zero attached hydrogens (tertiary/aromatic N) is 3. The van der Waals surface area contributed by atoms with Crippen LogP contribution in [-0.2, 0) is 16.6 Å². The molecule has 0 saturated carbocycles. The van der Waals surface area contributed by atoms with E-state index >= 15 is 4.39 Å². The zero-order valence-electron chi connectivity index (χ0n) is 17.7. The Labute approximate surface area is 189 Å². The third kappa shape index (κ3) is 4.09. The van der Waals surface area contributed by atoms with Crippen molar-refractivity contribution in [1.29, 1.82) is 0 Å². The molecule has 170 valence electrons. The number of aromatic nitrogens is 2. The summed E-state index contributed by atoms with van der Waals surface area (Å²) in [5.41, 5.74) is 1.21. The molecular formula is C21H22FN3O5S2. The first-order chi connectivity index (χ1) is 15.3. The van der Waals surface area contributed by atoms with Gasteiger partial charge >= 0.3 is 0 Å². The highest BCUT2D eigenvalue weighted by atomic mass is 32.2. The van der Waals surface area contributed by atoms with Gasteiger partial charge in [0.1, 0.15) is 34.3 Å². The number of anilines is 1. The van der Waals surface area contributed by atoms with Crippen molar-refractivity contribution in [1.82, 2.24) is 9.36 Å². The zero-order valence-corrected chi connectivity index (χ0v) is 19.4. The minimum atomic E-state index is -4.35. The van der Waals surface area contributed by atoms with Gasteiger partial charge in [0, 0.05) is 34.8 Å². The number of fused-ring (bicyclic) bond motifs is 1. The summed E-state index contributed by atoms with van der Waals surface area (Å²) in [6, 6.07) is 7.54. The van der Waals surface area contributed by atoms with E-state index in [0.29, 0.717) is 35.0 Å². The van der Waals surface area contributed by atoms with Gasteiger partial charge in [0.05, 0.1) is 27.4 Å². The molecule has 2 aromatic carbocycles. The first-order valence-electron chi connectivity index (χ1n) is 9.81. The second-order valence-corrected chi connectivity index (χ2v) is 9.86. The largest absolute Gasteiger partial charge is 0.497 e. The number of halogens is 1. The quantitative estimate of drug-likeness (QED) is 0.506. The molecule has 0 fully saturated rings. The fourth-order valence-electron chi connectivity index (χ4n) is 3.55. The van der Waals surface area contributed by atoms with E-state index in [1.54, 1.807) is 18.2 Å². The van der Waals surface area contributed by atoms with E-state index < -0.39 is 20.7 Å². The van der Waals surface area contributed by atoms with E-state index in [1.165, 1.54) is 32.7 Å². The zero-order chi connectivity index (χ0) is 22.9. The smallest absolute Gasteiger partial charge is 0.269 e. The van der Waals surface area contributed by atoms with Crippen LogP contribution in [0.25, 0.3) is 0 Å². The maximum Gasteiger partial charge on any atom is 0.269 e. The van der Waals surface area contributed by atoms with E-state index in [0.717, 1.165) is 22.3 Å². The Hall–Kier alpha value is -2.92. The molecule has 0 aliphatic carbocycles. The highest BCUT2D eigenvalue weighted by Crippen LogP contribution is 2.38. The topological polar surface area (TPSA) is 90.9 Å². The molecule has 1 unspecified atom stereocenters. The van der Waals surface area contributed by atoms with Gasteiger partial charge in [-0.3, -0.25) is 0 Å². The second-order valence-electron chi connectivity index (χ2n) is 7.27. The Balaban J connectivity index is 1.80. The van der Waals surface area contributed by atoms with Crippen molar-refractivity contribution >= 4 is 26.7 Å². The van der Waals surface area contributed by atoms with E-state index in [2.05, 4.69) is 9.36 Å². The minimum Gasteiger partial charge on any atom is -0.497 e. The van der Waals surface area contributed by atoms with E-state index in [1.807, 2.05) is 6.92 Å². The Bertz CT molecular complexity index is 1220. The molecule has 1 aromatic heterocycles. The molecule has 0 amide bonds. The minimum absolute atomic E-state index is 0.0767. The van der Waals surface area contributed by atoms with Crippen LogP contribution >= 0.6 is 11.5 Å². The molecule has 32 heavy (non-hydrogen) atoms. The fourth-order valence-corrected chi connectivity index (χ4v) is 5.74. The monoisotopic (exact) mass is 479 g/mol. The van der Waals surface area contributed by atoms with Crippen molar-refractivity contribution in [2.75, 3.05) is 25.1 Å². The number of ether oxygens (including phenoxy) is 3. The molecule has 2 heterocycles. The van der Waals surface area contributed by atoms with E-state index in [-0.39, 0.29) is 17.6 Å². The lowest BCUT2D eigenvalue weighted by Gasteiger charge is -2.26. The molecule has 0 bridgehead atoms. The highest BCUT2D eigenvalue weighted by molar-refractivity contribution is 7.93. The lowest BCUT2D eigenvalue weighted by Crippen LogP contribution is -2.31. The third-order valence-electron chi connectivity index (χ3n) is 5.34. The van der Waals surface area contributed by atoms with Crippen LogP contribution in [0.5, 0.6) is 17.2 Å². The lowest BCUT2D eigenvalue weighted by atomic mass is 9.95. The van der Waals surface area contributed by atoms with Crippen LogP contribution in [0.4, 0.5) is 9.52 Å². The summed E-state index contributed by atoms with van der Waals surface area (Å²) in [4.78, 5) is 3.58. The average Bonchev–Trinajstić information content (AvgIpc) is 3.31. The first-order valence-corrected chi connectivity index (χ1v) is 12.0. The molecule has 0 radical (unpaired) electrons. The highest BCUT2D eigenvalue weighted by Gasteiger charge is 2.33. The number of rotatable bonds is 7. The maximum atomic E-state index is 15.1. The van der Waals surface area contributed by atoms with Crippen LogP contribution < -0.4 is 18.5 Å². The van der Waals surface area contributed by atoms with Gasteiger partial charge < -0.3 is 14.2 Å². The molecule has 8 nitrogen and oxygen atoms in total. The van der Waals surface area contributed by atoms with Gasteiger partial charge in [-0.1, -0.05) is 6.92 Å². The Morgan fingerprint density at radius 2 is 2.06 bits per heavy atom. The number of sulfonamides is 1. The Kier molecular flexibility index (Phi) is 6.20. The molecule has 3 aromatic rings. The first kappa shape index (κ1) is 22.3. The Morgan fingerprint density at radius 3 is 2.75 bits per heavy atom. The summed E-state index contributed by atoms with van der Waals surface area (Å²) in [6.45, 7) is 2.26. The molecular weight excluding hydrogens is 457 g/mol. The molecule has 0 saturated heterocycles. The molecule has 1 aliphatic heterocycles. The molecule has 11 heteroatoms. The van der Waals surface area contributed by atoms with Crippen LogP contribution in [0.1, 0.15) is 30.4 Å². The van der Waals surface area contributed by atoms with Crippen molar-refractivity contribution < 1.29 is 27.0 Å². The van der Waals surface area contributed by atoms with Crippen molar-refractivity contribution in [2.45, 2.75) is 30.7 Å². The summed E-state index contributed by atoms with van der Waals surface area (Å²) in [7, 11) is -1.35. The number of hydrogen-bond donors (Lipinski definition) is 0. The number of hydrogen-bond acceptors (Lipinski definition) is 8. The summed E-state index contributed by atoms with van der Waals surface area (Å²) in [6.07, 6.45) is 1.99. The Morgan fingerprint density at radius 1 is 1.25 bits per heavy atom. The van der Waals surface area contributed by atoms with Crippen LogP contribution in [0.3, 0.4) is 0 Å². The molecule has 1 aliphatic rings. The summed E-state index contributed by atoms with van der Waals surface area (Å²) < 4.78 is 63.6. The predicted molar refractivity (Wildman–Crippen MR) is 118 cm³/mol. The van der Waals surface area contributed by atoms with E-state index in [9.17, 15) is 8.42 Å². The average molecular weight is 480 g/mol. The lowest BCUT2D eigenvalue weighted by molar-refractivity contribution is 0.270. The van der Waals surface area contributed by atoms with Crippen LogP contribution in [0.2, 0.25) is 0 Å². The number of benzene rings is 2. The van der Waals surface area contributed by atoms with Crippen molar-refractivity contribution in [2.24, 2.45) is 0 Å². The van der Waals surface area contributed by atoms with Crippen LogP contribution in [-0.4, -0.2) is 38.6 Å². The molecule has 1 atom stereocenters. The maximum absolute atomic E-state index is 15.1. The summed E-state index contributed by atoms with van der Waals surface area (Å²) >= 11 is 0.894. The third-order valence-corrected chi connectivity index (χ3v) is 7.90. The second kappa shape index (κ2) is 8.91. The van der Waals surface area contributed by atoms with Gasteiger partial charge in [-0.05, 0) is 30.5 Å². The standard InChI is InChI=1S/C21H22FN3O5S2/c1-13-6-7-30-19-10-20(17(22)9-16(13)19)32(26,27)25(21-23-12-24-31-21)11-14-4-5-15(28-2)8-18(14)29-3/h4-5,8-10,12-13H,6-7,11H2,1-3H3. The summed E-state index contributed by atoms with van der Waals surface area (Å²) in [5, 5.41) is 0.106. The summed E-state index contributed by atoms with van der Waals surface area (Å²) in [5.74, 6) is 0.605. The van der Waals surface area contributed by atoms with Crippen LogP contribution in [0, 0.1) is 5.82 Å². The SMILES string of the molecule is COc1ccc(CN(c2ncns2)S(=O)(=O)c2cc3c(cc2F)C(C)CCO3)c(OC)c1. The molecule has 0 spiro atoms. The molecule has 4 rings (SSSR count). The van der Waals surface area contributed by atoms with E-state index in [4.69, 9.17) is 14.2 Å². The van der Waals surface area contributed by atoms with Gasteiger partial charge in [-0.2, -0.15) is 4.37 Å².